The van der Waals surface area contributed by atoms with E-state index in [0.29, 0.717) is 22.7 Å². The van der Waals surface area contributed by atoms with E-state index in [1.807, 2.05) is 48.5 Å². The maximum Gasteiger partial charge on any atom is 0.338 e. The first-order valence-corrected chi connectivity index (χ1v) is 9.55. The molecule has 0 spiro atoms. The van der Waals surface area contributed by atoms with Gasteiger partial charge in [0.15, 0.2) is 0 Å². The second-order valence-electron chi connectivity index (χ2n) is 6.97. The highest BCUT2D eigenvalue weighted by atomic mass is 16.5. The van der Waals surface area contributed by atoms with Crippen LogP contribution in [0.3, 0.4) is 0 Å². The second-order valence-corrected chi connectivity index (χ2v) is 6.97. The highest BCUT2D eigenvalue weighted by Gasteiger charge is 2.09. The molecule has 0 aliphatic rings. The number of benzene rings is 2. The van der Waals surface area contributed by atoms with Crippen molar-refractivity contribution in [3.05, 3.63) is 96.8 Å². The van der Waals surface area contributed by atoms with Gasteiger partial charge in [0.05, 0.1) is 6.26 Å². The van der Waals surface area contributed by atoms with Crippen molar-refractivity contribution in [2.45, 2.75) is 13.8 Å². The third-order valence-corrected chi connectivity index (χ3v) is 4.28. The molecule has 0 unspecified atom stereocenters. The van der Waals surface area contributed by atoms with Crippen LogP contribution in [0.25, 0.3) is 28.7 Å². The summed E-state index contributed by atoms with van der Waals surface area (Å²) in [6.45, 7) is 10.3. The number of rotatable bonds is 7. The Morgan fingerprint density at radius 1 is 0.774 bits per heavy atom. The largest absolute Gasteiger partial charge is 0.456 e. The lowest BCUT2D eigenvalue weighted by Gasteiger charge is -2.04. The molecule has 0 N–H and O–H groups in total. The minimum Gasteiger partial charge on any atom is -0.456 e. The van der Waals surface area contributed by atoms with Gasteiger partial charge in [0.1, 0.15) is 17.3 Å². The Bertz CT molecular complexity index is 1150. The molecule has 0 bridgehead atoms. The average molecular weight is 414 g/mol. The molecule has 1 aromatic heterocycles. The van der Waals surface area contributed by atoms with E-state index in [1.165, 1.54) is 6.26 Å². The van der Waals surface area contributed by atoms with Crippen LogP contribution in [-0.2, 0) is 14.3 Å². The zero-order valence-electron chi connectivity index (χ0n) is 17.4. The molecule has 0 radical (unpaired) electrons. The number of hydrogen-bond donors (Lipinski definition) is 0. The molecular weight excluding hydrogens is 392 g/mol. The summed E-state index contributed by atoms with van der Waals surface area (Å²) >= 11 is 0. The monoisotopic (exact) mass is 414 g/mol. The van der Waals surface area contributed by atoms with Gasteiger partial charge in [-0.1, -0.05) is 37.4 Å². The molecule has 0 saturated carbocycles. The van der Waals surface area contributed by atoms with Gasteiger partial charge in [-0.3, -0.25) is 0 Å². The number of carbonyl (C=O) groups excluding carboxylic acids is 2. The first-order valence-electron chi connectivity index (χ1n) is 9.55. The van der Waals surface area contributed by atoms with Crippen molar-refractivity contribution in [3.8, 4) is 28.4 Å². The molecule has 5 heteroatoms. The highest BCUT2D eigenvalue weighted by Crippen LogP contribution is 2.30. The molecule has 0 aliphatic heterocycles. The van der Waals surface area contributed by atoms with E-state index < -0.39 is 11.9 Å². The molecule has 3 rings (SSSR count). The Morgan fingerprint density at radius 2 is 1.29 bits per heavy atom. The van der Waals surface area contributed by atoms with Gasteiger partial charge in [-0.2, -0.15) is 0 Å². The normalized spacial score (nSPS) is 10.6. The summed E-state index contributed by atoms with van der Waals surface area (Å²) in [7, 11) is 0. The average Bonchev–Trinajstić information content (AvgIpc) is 3.24. The maximum atomic E-state index is 11.6. The summed E-state index contributed by atoms with van der Waals surface area (Å²) in [5.41, 5.74) is 3.34. The van der Waals surface area contributed by atoms with Gasteiger partial charge in [-0.15, -0.1) is 0 Å². The van der Waals surface area contributed by atoms with Crippen LogP contribution < -0.4 is 4.74 Å². The third kappa shape index (κ3) is 5.70. The van der Waals surface area contributed by atoms with Crippen molar-refractivity contribution in [1.82, 2.24) is 0 Å². The number of ether oxygens (including phenoxy) is 2. The van der Waals surface area contributed by atoms with E-state index in [9.17, 15) is 9.59 Å². The van der Waals surface area contributed by atoms with Crippen LogP contribution in [0.1, 0.15) is 19.4 Å². The smallest absolute Gasteiger partial charge is 0.338 e. The van der Waals surface area contributed by atoms with E-state index in [2.05, 4.69) is 13.2 Å². The SMILES string of the molecule is C=C(C)C(=O)OC=Cc1ccc(-c2ccc(-c3ccc(OC(=O)C(=C)C)cc3)o2)cc1. The van der Waals surface area contributed by atoms with Gasteiger partial charge in [0.25, 0.3) is 0 Å². The van der Waals surface area contributed by atoms with Gasteiger partial charge in [-0.05, 0) is 61.9 Å². The van der Waals surface area contributed by atoms with Crippen LogP contribution in [0.15, 0.2) is 95.6 Å². The van der Waals surface area contributed by atoms with Crippen LogP contribution in [0, 0.1) is 0 Å². The minimum atomic E-state index is -0.460. The quantitative estimate of drug-likeness (QED) is 0.200. The lowest BCUT2D eigenvalue weighted by atomic mass is 10.1. The molecule has 0 amide bonds. The maximum absolute atomic E-state index is 11.6. The van der Waals surface area contributed by atoms with Crippen LogP contribution >= 0.6 is 0 Å². The lowest BCUT2D eigenvalue weighted by Crippen LogP contribution is -2.07. The van der Waals surface area contributed by atoms with Gasteiger partial charge < -0.3 is 13.9 Å². The fourth-order valence-electron chi connectivity index (χ4n) is 2.56. The van der Waals surface area contributed by atoms with Gasteiger partial charge >= 0.3 is 11.9 Å². The first-order chi connectivity index (χ1) is 14.8. The van der Waals surface area contributed by atoms with Crippen molar-refractivity contribution in [1.29, 1.82) is 0 Å². The molecule has 31 heavy (non-hydrogen) atoms. The second kappa shape index (κ2) is 9.59. The topological polar surface area (TPSA) is 65.7 Å². The Labute approximate surface area is 180 Å². The molecule has 0 aliphatic carbocycles. The molecular formula is C26H22O5. The predicted octanol–water partition coefficient (Wildman–Crippen LogP) is 6.19. The summed E-state index contributed by atoms with van der Waals surface area (Å²) in [5, 5.41) is 0. The van der Waals surface area contributed by atoms with E-state index in [1.54, 1.807) is 32.1 Å². The Morgan fingerprint density at radius 3 is 1.81 bits per heavy atom. The molecule has 0 saturated heterocycles. The van der Waals surface area contributed by atoms with Crippen molar-refractivity contribution >= 4 is 18.0 Å². The van der Waals surface area contributed by atoms with E-state index >= 15 is 0 Å². The number of hydrogen-bond acceptors (Lipinski definition) is 5. The van der Waals surface area contributed by atoms with Crippen molar-refractivity contribution in [2.24, 2.45) is 0 Å². The third-order valence-electron chi connectivity index (χ3n) is 4.28. The van der Waals surface area contributed by atoms with Gasteiger partial charge in [0.2, 0.25) is 0 Å². The number of carbonyl (C=O) groups is 2. The van der Waals surface area contributed by atoms with E-state index in [0.717, 1.165) is 22.5 Å². The Hall–Kier alpha value is -4.12. The molecule has 156 valence electrons. The van der Waals surface area contributed by atoms with Crippen LogP contribution in [0.4, 0.5) is 0 Å². The molecule has 1 heterocycles. The summed E-state index contributed by atoms with van der Waals surface area (Å²) in [6, 6.07) is 18.5. The van der Waals surface area contributed by atoms with Crippen LogP contribution in [0.2, 0.25) is 0 Å². The van der Waals surface area contributed by atoms with Gasteiger partial charge in [0, 0.05) is 22.3 Å². The van der Waals surface area contributed by atoms with E-state index in [4.69, 9.17) is 13.9 Å². The van der Waals surface area contributed by atoms with Gasteiger partial charge in [-0.25, -0.2) is 9.59 Å². The summed E-state index contributed by atoms with van der Waals surface area (Å²) < 4.78 is 16.1. The minimum absolute atomic E-state index is 0.342. The fourth-order valence-corrected chi connectivity index (χ4v) is 2.56. The van der Waals surface area contributed by atoms with Crippen molar-refractivity contribution < 1.29 is 23.5 Å². The fraction of sp³-hybridized carbons (Fsp3) is 0.0769. The molecule has 3 aromatic rings. The number of esters is 2. The Kier molecular flexibility index (Phi) is 6.67. The molecule has 5 nitrogen and oxygen atoms in total. The Balaban J connectivity index is 1.67. The first kappa shape index (κ1) is 21.6. The zero-order valence-corrected chi connectivity index (χ0v) is 17.4. The van der Waals surface area contributed by atoms with E-state index in [-0.39, 0.29) is 0 Å². The molecule has 0 atom stereocenters. The van der Waals surface area contributed by atoms with Crippen LogP contribution in [0.5, 0.6) is 5.75 Å². The lowest BCUT2D eigenvalue weighted by molar-refractivity contribution is -0.133. The summed E-state index contributed by atoms with van der Waals surface area (Å²) in [5.74, 6) is 0.944. The van der Waals surface area contributed by atoms with Crippen molar-refractivity contribution in [2.75, 3.05) is 0 Å². The molecule has 2 aromatic carbocycles. The van der Waals surface area contributed by atoms with Crippen molar-refractivity contribution in [3.63, 3.8) is 0 Å². The molecule has 0 fully saturated rings. The highest BCUT2D eigenvalue weighted by molar-refractivity contribution is 5.89. The predicted molar refractivity (Wildman–Crippen MR) is 120 cm³/mol. The summed E-state index contributed by atoms with van der Waals surface area (Å²) in [6.07, 6.45) is 3.04. The summed E-state index contributed by atoms with van der Waals surface area (Å²) in [4.78, 5) is 23.0. The number of furan rings is 1. The van der Waals surface area contributed by atoms with Crippen LogP contribution in [-0.4, -0.2) is 11.9 Å². The zero-order chi connectivity index (χ0) is 22.4. The standard InChI is InChI=1S/C26H22O5/c1-17(2)25(27)29-16-15-19-5-7-20(8-6-19)23-13-14-24(31-23)21-9-11-22(12-10-21)30-26(28)18(3)4/h5-16H,1,3H2,2,4H3.